The first-order valence-electron chi connectivity index (χ1n) is 6.77. The molecule has 2 unspecified atom stereocenters. The Labute approximate surface area is 109 Å². The lowest BCUT2D eigenvalue weighted by Gasteiger charge is -2.42. The van der Waals surface area contributed by atoms with Gasteiger partial charge in [0, 0.05) is 37.8 Å². The molecule has 0 saturated carbocycles. The number of piperazine rings is 1. The molecule has 5 heteroatoms. The van der Waals surface area contributed by atoms with Crippen molar-refractivity contribution in [3.8, 4) is 0 Å². The molecular formula is C13H25N3O2. The van der Waals surface area contributed by atoms with Gasteiger partial charge in [0.2, 0.25) is 5.91 Å². The maximum atomic E-state index is 12.3. The van der Waals surface area contributed by atoms with Crippen molar-refractivity contribution in [2.24, 2.45) is 11.7 Å². The van der Waals surface area contributed by atoms with Crippen molar-refractivity contribution < 1.29 is 9.53 Å². The third kappa shape index (κ3) is 2.84. The zero-order valence-corrected chi connectivity index (χ0v) is 11.7. The summed E-state index contributed by atoms with van der Waals surface area (Å²) in [6.07, 6.45) is 0. The van der Waals surface area contributed by atoms with E-state index in [1.807, 2.05) is 4.90 Å². The summed E-state index contributed by atoms with van der Waals surface area (Å²) in [6, 6.07) is -0.127. The molecule has 104 valence electrons. The summed E-state index contributed by atoms with van der Waals surface area (Å²) in [6.45, 7) is 11.1. The minimum Gasteiger partial charge on any atom is -0.379 e. The maximum absolute atomic E-state index is 12.3. The van der Waals surface area contributed by atoms with Gasteiger partial charge in [-0.2, -0.15) is 0 Å². The molecule has 18 heavy (non-hydrogen) atoms. The molecule has 5 nitrogen and oxygen atoms in total. The van der Waals surface area contributed by atoms with Crippen LogP contribution in [0.2, 0.25) is 0 Å². The molecule has 0 aromatic carbocycles. The van der Waals surface area contributed by atoms with E-state index in [0.717, 1.165) is 26.2 Å². The van der Waals surface area contributed by atoms with Crippen molar-refractivity contribution in [2.45, 2.75) is 32.4 Å². The minimum absolute atomic E-state index is 0.127. The van der Waals surface area contributed by atoms with Crippen molar-refractivity contribution in [1.29, 1.82) is 0 Å². The van der Waals surface area contributed by atoms with E-state index in [4.69, 9.17) is 10.5 Å². The van der Waals surface area contributed by atoms with E-state index in [0.29, 0.717) is 13.2 Å². The highest BCUT2D eigenvalue weighted by atomic mass is 16.5. The number of hydrogen-bond donors (Lipinski definition) is 1. The van der Waals surface area contributed by atoms with Gasteiger partial charge >= 0.3 is 0 Å². The second kappa shape index (κ2) is 5.15. The van der Waals surface area contributed by atoms with E-state index in [9.17, 15) is 4.79 Å². The zero-order chi connectivity index (χ0) is 13.3. The highest BCUT2D eigenvalue weighted by Gasteiger charge is 2.36. The molecule has 2 aliphatic rings. The number of hydrogen-bond acceptors (Lipinski definition) is 4. The molecule has 0 radical (unpaired) electrons. The Kier molecular flexibility index (Phi) is 3.94. The maximum Gasteiger partial charge on any atom is 0.229 e. The van der Waals surface area contributed by atoms with Crippen LogP contribution >= 0.6 is 0 Å². The Morgan fingerprint density at radius 3 is 2.22 bits per heavy atom. The van der Waals surface area contributed by atoms with Crippen molar-refractivity contribution in [3.05, 3.63) is 0 Å². The fourth-order valence-corrected chi connectivity index (χ4v) is 2.66. The van der Waals surface area contributed by atoms with Gasteiger partial charge in [0.25, 0.3) is 0 Å². The zero-order valence-electron chi connectivity index (χ0n) is 11.7. The first-order chi connectivity index (χ1) is 8.39. The Morgan fingerprint density at radius 1 is 1.17 bits per heavy atom. The monoisotopic (exact) mass is 255 g/mol. The van der Waals surface area contributed by atoms with E-state index in [-0.39, 0.29) is 23.4 Å². The van der Waals surface area contributed by atoms with E-state index < -0.39 is 0 Å². The van der Waals surface area contributed by atoms with Crippen molar-refractivity contribution in [2.75, 3.05) is 39.4 Å². The van der Waals surface area contributed by atoms with Crippen LogP contribution in [-0.2, 0) is 9.53 Å². The third-order valence-corrected chi connectivity index (χ3v) is 3.98. The van der Waals surface area contributed by atoms with E-state index in [1.165, 1.54) is 0 Å². The van der Waals surface area contributed by atoms with Crippen LogP contribution in [0.1, 0.15) is 20.8 Å². The Morgan fingerprint density at radius 2 is 1.78 bits per heavy atom. The summed E-state index contributed by atoms with van der Waals surface area (Å²) in [5.74, 6) is 0.0414. The lowest BCUT2D eigenvalue weighted by Crippen LogP contribution is -2.56. The molecule has 0 aromatic heterocycles. The molecule has 2 atom stereocenters. The molecular weight excluding hydrogens is 230 g/mol. The highest BCUT2D eigenvalue weighted by molar-refractivity contribution is 5.80. The third-order valence-electron chi connectivity index (χ3n) is 3.98. The molecule has 0 bridgehead atoms. The van der Waals surface area contributed by atoms with Crippen molar-refractivity contribution in [1.82, 2.24) is 9.80 Å². The molecule has 0 aromatic rings. The van der Waals surface area contributed by atoms with Crippen LogP contribution in [0.25, 0.3) is 0 Å². The van der Waals surface area contributed by atoms with Crippen LogP contribution in [0.15, 0.2) is 0 Å². The molecule has 1 amide bonds. The molecule has 2 saturated heterocycles. The van der Waals surface area contributed by atoms with Crippen molar-refractivity contribution in [3.63, 3.8) is 0 Å². The number of ether oxygens (including phenoxy) is 1. The fraction of sp³-hybridized carbons (Fsp3) is 0.923. The number of rotatable bonds is 1. The van der Waals surface area contributed by atoms with Crippen LogP contribution in [-0.4, -0.2) is 66.7 Å². The second-order valence-electron chi connectivity index (χ2n) is 6.29. The Balaban J connectivity index is 1.88. The molecule has 2 fully saturated rings. The smallest absolute Gasteiger partial charge is 0.229 e. The lowest BCUT2D eigenvalue weighted by molar-refractivity contribution is -0.138. The summed E-state index contributed by atoms with van der Waals surface area (Å²) in [5.41, 5.74) is 6.08. The number of nitrogens with two attached hydrogens (primary N) is 1. The van der Waals surface area contributed by atoms with Crippen LogP contribution in [0.5, 0.6) is 0 Å². The van der Waals surface area contributed by atoms with Gasteiger partial charge in [0.05, 0.1) is 19.1 Å². The molecule has 2 N–H and O–H groups in total. The SMILES string of the molecule is CC(C)(C)N1CCN(C(=O)C2COCC2N)CC1. The number of carbonyl (C=O) groups excluding carboxylic acids is 1. The van der Waals surface area contributed by atoms with Crippen LogP contribution in [0.4, 0.5) is 0 Å². The van der Waals surface area contributed by atoms with Gasteiger partial charge < -0.3 is 15.4 Å². The first-order valence-corrected chi connectivity index (χ1v) is 6.77. The first kappa shape index (κ1) is 13.8. The second-order valence-corrected chi connectivity index (χ2v) is 6.29. The van der Waals surface area contributed by atoms with Crippen molar-refractivity contribution >= 4 is 5.91 Å². The summed E-state index contributed by atoms with van der Waals surface area (Å²) < 4.78 is 5.27. The topological polar surface area (TPSA) is 58.8 Å². The highest BCUT2D eigenvalue weighted by Crippen LogP contribution is 2.19. The minimum atomic E-state index is -0.133. The summed E-state index contributed by atoms with van der Waals surface area (Å²) >= 11 is 0. The quantitative estimate of drug-likeness (QED) is 0.711. The predicted molar refractivity (Wildman–Crippen MR) is 70.2 cm³/mol. The molecule has 2 aliphatic heterocycles. The van der Waals surface area contributed by atoms with Gasteiger partial charge in [-0.1, -0.05) is 0 Å². The van der Waals surface area contributed by atoms with Gasteiger partial charge in [0.15, 0.2) is 0 Å². The Bertz CT molecular complexity index is 306. The normalized spacial score (nSPS) is 30.8. The average Bonchev–Trinajstić information content (AvgIpc) is 2.73. The van der Waals surface area contributed by atoms with Crippen LogP contribution in [0.3, 0.4) is 0 Å². The number of carbonyl (C=O) groups is 1. The van der Waals surface area contributed by atoms with Gasteiger partial charge in [-0.25, -0.2) is 0 Å². The van der Waals surface area contributed by atoms with E-state index in [2.05, 4.69) is 25.7 Å². The summed E-state index contributed by atoms with van der Waals surface area (Å²) in [5, 5.41) is 0. The molecule has 2 heterocycles. The molecule has 0 spiro atoms. The molecule has 0 aliphatic carbocycles. The summed E-state index contributed by atoms with van der Waals surface area (Å²) in [4.78, 5) is 16.7. The standard InChI is InChI=1S/C13H25N3O2/c1-13(2,3)16-6-4-15(5-7-16)12(17)10-8-18-9-11(10)14/h10-11H,4-9,14H2,1-3H3. The number of amides is 1. The van der Waals surface area contributed by atoms with Gasteiger partial charge in [0.1, 0.15) is 0 Å². The van der Waals surface area contributed by atoms with Crippen LogP contribution < -0.4 is 5.73 Å². The molecule has 2 rings (SSSR count). The largest absolute Gasteiger partial charge is 0.379 e. The van der Waals surface area contributed by atoms with E-state index >= 15 is 0 Å². The van der Waals surface area contributed by atoms with Crippen LogP contribution in [0, 0.1) is 5.92 Å². The number of nitrogens with zero attached hydrogens (tertiary/aromatic N) is 2. The average molecular weight is 255 g/mol. The van der Waals surface area contributed by atoms with Gasteiger partial charge in [-0.15, -0.1) is 0 Å². The summed E-state index contributed by atoms with van der Waals surface area (Å²) in [7, 11) is 0. The lowest BCUT2D eigenvalue weighted by atomic mass is 10.0. The van der Waals surface area contributed by atoms with Gasteiger partial charge in [-0.3, -0.25) is 9.69 Å². The fourth-order valence-electron chi connectivity index (χ4n) is 2.66. The Hall–Kier alpha value is -0.650. The van der Waals surface area contributed by atoms with Gasteiger partial charge in [-0.05, 0) is 20.8 Å². The van der Waals surface area contributed by atoms with E-state index in [1.54, 1.807) is 0 Å². The predicted octanol–water partition coefficient (Wildman–Crippen LogP) is -0.0972.